The van der Waals surface area contributed by atoms with Gasteiger partial charge in [-0.3, -0.25) is 0 Å². The Morgan fingerprint density at radius 1 is 1.33 bits per heavy atom. The van der Waals surface area contributed by atoms with E-state index in [4.69, 9.17) is 14.6 Å². The van der Waals surface area contributed by atoms with Crippen molar-refractivity contribution in [1.82, 2.24) is 0 Å². The van der Waals surface area contributed by atoms with Crippen molar-refractivity contribution in [3.05, 3.63) is 0 Å². The second-order valence-electron chi connectivity index (χ2n) is 2.61. The lowest BCUT2D eigenvalue weighted by molar-refractivity contribution is 0.211. The molecule has 0 N–H and O–H groups in total. The molecule has 0 rings (SSSR count). The van der Waals surface area contributed by atoms with E-state index in [1.807, 2.05) is 20.8 Å². The van der Waals surface area contributed by atoms with Gasteiger partial charge in [0, 0.05) is 19.1 Å². The molecule has 0 bridgehead atoms. The number of hydrogen-bond acceptors (Lipinski definition) is 3. The molecule has 0 aliphatic rings. The minimum Gasteiger partial charge on any atom is -0.411 e. The SMILES string of the molecule is CCOB(CC(C)C#N)OCC. The average molecular weight is 169 g/mol. The number of nitriles is 1. The van der Waals surface area contributed by atoms with Gasteiger partial charge in [0.25, 0.3) is 0 Å². The average Bonchev–Trinajstić information content (AvgIpc) is 2.05. The fourth-order valence-corrected chi connectivity index (χ4v) is 0.897. The van der Waals surface area contributed by atoms with Crippen LogP contribution in [0.3, 0.4) is 0 Å². The monoisotopic (exact) mass is 169 g/mol. The molecule has 1 unspecified atom stereocenters. The molecule has 12 heavy (non-hydrogen) atoms. The molecule has 0 heterocycles. The highest BCUT2D eigenvalue weighted by Gasteiger charge is 2.19. The lowest BCUT2D eigenvalue weighted by Crippen LogP contribution is -2.24. The molecule has 0 fully saturated rings. The smallest absolute Gasteiger partial charge is 0.411 e. The molecule has 0 radical (unpaired) electrons. The lowest BCUT2D eigenvalue weighted by Gasteiger charge is -2.12. The second kappa shape index (κ2) is 7.14. The van der Waals surface area contributed by atoms with E-state index in [1.54, 1.807) is 0 Å². The first-order valence-electron chi connectivity index (χ1n) is 4.37. The molecule has 0 saturated heterocycles. The van der Waals surface area contributed by atoms with Gasteiger partial charge in [-0.15, -0.1) is 0 Å². The van der Waals surface area contributed by atoms with Gasteiger partial charge in [0.15, 0.2) is 0 Å². The van der Waals surface area contributed by atoms with Crippen LogP contribution >= 0.6 is 0 Å². The Morgan fingerprint density at radius 2 is 1.83 bits per heavy atom. The maximum Gasteiger partial charge on any atom is 0.458 e. The topological polar surface area (TPSA) is 42.2 Å². The summed E-state index contributed by atoms with van der Waals surface area (Å²) in [6, 6.07) is 2.15. The van der Waals surface area contributed by atoms with Crippen LogP contribution in [0, 0.1) is 17.2 Å². The van der Waals surface area contributed by atoms with E-state index in [0.717, 1.165) is 0 Å². The largest absolute Gasteiger partial charge is 0.458 e. The molecule has 0 saturated carbocycles. The van der Waals surface area contributed by atoms with E-state index in [9.17, 15) is 0 Å². The molecule has 1 atom stereocenters. The highest BCUT2D eigenvalue weighted by Crippen LogP contribution is 2.07. The Balaban J connectivity index is 3.70. The zero-order valence-corrected chi connectivity index (χ0v) is 8.04. The predicted molar refractivity (Wildman–Crippen MR) is 48.6 cm³/mol. The van der Waals surface area contributed by atoms with E-state index >= 15 is 0 Å². The molecule has 0 aromatic heterocycles. The summed E-state index contributed by atoms with van der Waals surface area (Å²) in [6.07, 6.45) is 0.651. The van der Waals surface area contributed by atoms with Crippen molar-refractivity contribution >= 4 is 7.12 Å². The highest BCUT2D eigenvalue weighted by atomic mass is 16.6. The van der Waals surface area contributed by atoms with Gasteiger partial charge in [-0.05, 0) is 27.1 Å². The van der Waals surface area contributed by atoms with Crippen LogP contribution in [0.4, 0.5) is 0 Å². The first kappa shape index (κ1) is 11.5. The minimum atomic E-state index is -0.213. The Labute approximate surface area is 74.8 Å². The molecule has 0 spiro atoms. The van der Waals surface area contributed by atoms with E-state index in [1.165, 1.54) is 0 Å². The molecule has 4 heteroatoms. The molecule has 0 aliphatic heterocycles. The molecule has 0 amide bonds. The van der Waals surface area contributed by atoms with E-state index in [0.29, 0.717) is 19.5 Å². The lowest BCUT2D eigenvalue weighted by atomic mass is 9.78. The van der Waals surface area contributed by atoms with Crippen LogP contribution in [0.15, 0.2) is 0 Å². The van der Waals surface area contributed by atoms with E-state index < -0.39 is 0 Å². The maximum atomic E-state index is 8.56. The van der Waals surface area contributed by atoms with E-state index in [-0.39, 0.29) is 13.0 Å². The van der Waals surface area contributed by atoms with Crippen molar-refractivity contribution in [3.63, 3.8) is 0 Å². The summed E-state index contributed by atoms with van der Waals surface area (Å²) in [5.41, 5.74) is 0. The third-order valence-electron chi connectivity index (χ3n) is 1.47. The van der Waals surface area contributed by atoms with Gasteiger partial charge >= 0.3 is 7.12 Å². The van der Waals surface area contributed by atoms with Gasteiger partial charge in [0.05, 0.1) is 6.07 Å². The standard InChI is InChI=1S/C8H16BNO2/c1-4-11-9(12-5-2)6-8(3)7-10/h8H,4-6H2,1-3H3. The van der Waals surface area contributed by atoms with Gasteiger partial charge in [-0.1, -0.05) is 0 Å². The summed E-state index contributed by atoms with van der Waals surface area (Å²) in [7, 11) is -0.213. The quantitative estimate of drug-likeness (QED) is 0.568. The first-order chi connectivity index (χ1) is 5.74. The van der Waals surface area contributed by atoms with Gasteiger partial charge in [0.2, 0.25) is 0 Å². The third kappa shape index (κ3) is 5.17. The Bertz CT molecular complexity index is 140. The number of hydrogen-bond donors (Lipinski definition) is 0. The van der Waals surface area contributed by atoms with Crippen LogP contribution in [0.2, 0.25) is 6.32 Å². The summed E-state index contributed by atoms with van der Waals surface area (Å²) in [5, 5.41) is 8.56. The fourth-order valence-electron chi connectivity index (χ4n) is 0.897. The van der Waals surface area contributed by atoms with Gasteiger partial charge in [0.1, 0.15) is 0 Å². The zero-order chi connectivity index (χ0) is 9.40. The zero-order valence-electron chi connectivity index (χ0n) is 8.04. The molecular weight excluding hydrogens is 153 g/mol. The molecule has 0 aromatic carbocycles. The van der Waals surface area contributed by atoms with Crippen molar-refractivity contribution in [1.29, 1.82) is 5.26 Å². The van der Waals surface area contributed by atoms with E-state index in [2.05, 4.69) is 6.07 Å². The Morgan fingerprint density at radius 3 is 2.17 bits per heavy atom. The van der Waals surface area contributed by atoms with Crippen LogP contribution in [0.1, 0.15) is 20.8 Å². The van der Waals surface area contributed by atoms with Gasteiger partial charge in [-0.25, -0.2) is 0 Å². The predicted octanol–water partition coefficient (Wildman–Crippen LogP) is 1.71. The van der Waals surface area contributed by atoms with Crippen molar-refractivity contribution in [2.45, 2.75) is 27.1 Å². The number of rotatable bonds is 6. The van der Waals surface area contributed by atoms with Crippen LogP contribution in [-0.2, 0) is 9.31 Å². The molecule has 0 aromatic rings. The second-order valence-corrected chi connectivity index (χ2v) is 2.61. The first-order valence-corrected chi connectivity index (χ1v) is 4.37. The maximum absolute atomic E-state index is 8.56. The highest BCUT2D eigenvalue weighted by molar-refractivity contribution is 6.44. The summed E-state index contributed by atoms with van der Waals surface area (Å²) in [6.45, 7) is 6.96. The number of nitrogens with zero attached hydrogens (tertiary/aromatic N) is 1. The third-order valence-corrected chi connectivity index (χ3v) is 1.47. The Kier molecular flexibility index (Phi) is 6.83. The normalized spacial score (nSPS) is 12.2. The van der Waals surface area contributed by atoms with Crippen molar-refractivity contribution < 1.29 is 9.31 Å². The molecule has 0 aliphatic carbocycles. The minimum absolute atomic E-state index is 0.00639. The van der Waals surface area contributed by atoms with Crippen molar-refractivity contribution in [2.24, 2.45) is 5.92 Å². The van der Waals surface area contributed by atoms with Crippen molar-refractivity contribution in [3.8, 4) is 6.07 Å². The fraction of sp³-hybridized carbons (Fsp3) is 0.875. The molecular formula is C8H16BNO2. The van der Waals surface area contributed by atoms with Gasteiger partial charge < -0.3 is 9.31 Å². The van der Waals surface area contributed by atoms with Crippen molar-refractivity contribution in [2.75, 3.05) is 13.2 Å². The molecule has 3 nitrogen and oxygen atoms in total. The summed E-state index contributed by atoms with van der Waals surface area (Å²) in [4.78, 5) is 0. The summed E-state index contributed by atoms with van der Waals surface area (Å²) in [5.74, 6) is -0.00639. The van der Waals surface area contributed by atoms with Crippen LogP contribution < -0.4 is 0 Å². The van der Waals surface area contributed by atoms with Crippen LogP contribution in [0.25, 0.3) is 0 Å². The van der Waals surface area contributed by atoms with Gasteiger partial charge in [-0.2, -0.15) is 5.26 Å². The molecule has 68 valence electrons. The summed E-state index contributed by atoms with van der Waals surface area (Å²) >= 11 is 0. The van der Waals surface area contributed by atoms with Crippen LogP contribution in [-0.4, -0.2) is 20.3 Å². The Hall–Kier alpha value is -0.525. The summed E-state index contributed by atoms with van der Waals surface area (Å²) < 4.78 is 10.6. The van der Waals surface area contributed by atoms with Crippen LogP contribution in [0.5, 0.6) is 0 Å².